The fourth-order valence-electron chi connectivity index (χ4n) is 3.55. The molecule has 1 unspecified atom stereocenters. The van der Waals surface area contributed by atoms with Crippen molar-refractivity contribution in [3.05, 3.63) is 42.5 Å². The predicted octanol–water partition coefficient (Wildman–Crippen LogP) is 1.31. The van der Waals surface area contributed by atoms with Gasteiger partial charge in [0.25, 0.3) is 0 Å². The Bertz CT molecular complexity index is 743. The molecule has 30 heavy (non-hydrogen) atoms. The van der Waals surface area contributed by atoms with Crippen molar-refractivity contribution in [1.29, 1.82) is 0 Å². The molecule has 1 aliphatic heterocycles. The van der Waals surface area contributed by atoms with Gasteiger partial charge in [0, 0.05) is 39.8 Å². The van der Waals surface area contributed by atoms with E-state index in [-0.39, 0.29) is 6.04 Å². The number of aromatic nitrogens is 3. The van der Waals surface area contributed by atoms with Crippen molar-refractivity contribution in [1.82, 2.24) is 30.3 Å². The molecule has 2 heterocycles. The number of ether oxygens (including phenoxy) is 2. The third-order valence-corrected chi connectivity index (χ3v) is 5.28. The average Bonchev–Trinajstić information content (AvgIpc) is 3.32. The number of aryl methyl sites for hydroxylation is 1. The number of morpholine rings is 1. The summed E-state index contributed by atoms with van der Waals surface area (Å²) in [4.78, 5) is 6.84. The van der Waals surface area contributed by atoms with Gasteiger partial charge >= 0.3 is 0 Å². The number of rotatable bonds is 10. The zero-order chi connectivity index (χ0) is 21.0. The van der Waals surface area contributed by atoms with Crippen LogP contribution in [0.3, 0.4) is 0 Å². The van der Waals surface area contributed by atoms with Gasteiger partial charge in [0.15, 0.2) is 5.96 Å². The maximum Gasteiger partial charge on any atom is 0.191 e. The van der Waals surface area contributed by atoms with E-state index in [4.69, 9.17) is 9.47 Å². The third kappa shape index (κ3) is 6.70. The molecule has 0 saturated carbocycles. The SMILES string of the molecule is CN=C(NCCCCn1cnnc1)NCC(c1ccc(OC)cc1)N1CCOCC1. The fourth-order valence-corrected chi connectivity index (χ4v) is 3.55. The van der Waals surface area contributed by atoms with Crippen LogP contribution in [0.4, 0.5) is 0 Å². The molecular weight excluding hydrogens is 382 g/mol. The van der Waals surface area contributed by atoms with Crippen LogP contribution in [0.5, 0.6) is 5.75 Å². The van der Waals surface area contributed by atoms with Gasteiger partial charge in [0.1, 0.15) is 18.4 Å². The van der Waals surface area contributed by atoms with Crippen molar-refractivity contribution in [3.63, 3.8) is 0 Å². The van der Waals surface area contributed by atoms with Gasteiger partial charge in [-0.05, 0) is 30.5 Å². The number of nitrogens with one attached hydrogen (secondary N) is 2. The zero-order valence-corrected chi connectivity index (χ0v) is 18.0. The van der Waals surface area contributed by atoms with Gasteiger partial charge in [0.05, 0.1) is 26.4 Å². The largest absolute Gasteiger partial charge is 0.497 e. The molecule has 1 aromatic heterocycles. The molecule has 0 spiro atoms. The van der Waals surface area contributed by atoms with E-state index < -0.39 is 0 Å². The van der Waals surface area contributed by atoms with Crippen molar-refractivity contribution in [3.8, 4) is 5.75 Å². The normalized spacial score (nSPS) is 16.3. The first-order chi connectivity index (χ1) is 14.8. The number of unbranched alkanes of at least 4 members (excludes halogenated alkanes) is 1. The molecule has 1 atom stereocenters. The van der Waals surface area contributed by atoms with Crippen LogP contribution in [0.2, 0.25) is 0 Å². The first-order valence-electron chi connectivity index (χ1n) is 10.5. The Morgan fingerprint density at radius 1 is 1.13 bits per heavy atom. The van der Waals surface area contributed by atoms with E-state index in [0.29, 0.717) is 0 Å². The van der Waals surface area contributed by atoms with E-state index in [9.17, 15) is 0 Å². The van der Waals surface area contributed by atoms with Crippen LogP contribution in [0.25, 0.3) is 0 Å². The van der Waals surface area contributed by atoms with Crippen LogP contribution in [0, 0.1) is 0 Å². The lowest BCUT2D eigenvalue weighted by Crippen LogP contribution is -2.46. The quantitative estimate of drug-likeness (QED) is 0.344. The Balaban J connectivity index is 1.49. The summed E-state index contributed by atoms with van der Waals surface area (Å²) in [5.41, 5.74) is 1.26. The Hall–Kier alpha value is -2.65. The van der Waals surface area contributed by atoms with E-state index in [1.54, 1.807) is 19.8 Å². The molecule has 0 aliphatic carbocycles. The summed E-state index contributed by atoms with van der Waals surface area (Å²) in [5.74, 6) is 1.70. The zero-order valence-electron chi connectivity index (χ0n) is 18.0. The summed E-state index contributed by atoms with van der Waals surface area (Å²) in [5, 5.41) is 14.6. The molecule has 2 N–H and O–H groups in total. The minimum Gasteiger partial charge on any atom is -0.497 e. The summed E-state index contributed by atoms with van der Waals surface area (Å²) in [6.07, 6.45) is 5.60. The second-order valence-corrected chi connectivity index (χ2v) is 7.22. The van der Waals surface area contributed by atoms with Crippen molar-refractivity contribution in [2.24, 2.45) is 4.99 Å². The van der Waals surface area contributed by atoms with Crippen molar-refractivity contribution in [2.75, 3.05) is 53.6 Å². The van der Waals surface area contributed by atoms with Gasteiger partial charge in [-0.2, -0.15) is 0 Å². The van der Waals surface area contributed by atoms with Gasteiger partial charge in [-0.3, -0.25) is 9.89 Å². The Morgan fingerprint density at radius 2 is 1.87 bits per heavy atom. The maximum atomic E-state index is 5.54. The molecule has 0 radical (unpaired) electrons. The highest BCUT2D eigenvalue weighted by Crippen LogP contribution is 2.23. The number of aliphatic imine (C=N–C) groups is 1. The van der Waals surface area contributed by atoms with Gasteiger partial charge in [-0.25, -0.2) is 0 Å². The topological polar surface area (TPSA) is 88.8 Å². The molecule has 9 nitrogen and oxygen atoms in total. The van der Waals surface area contributed by atoms with Gasteiger partial charge < -0.3 is 24.7 Å². The molecule has 1 fully saturated rings. The van der Waals surface area contributed by atoms with Crippen LogP contribution in [0.1, 0.15) is 24.4 Å². The number of hydrogen-bond donors (Lipinski definition) is 2. The van der Waals surface area contributed by atoms with Crippen LogP contribution in [0.15, 0.2) is 41.9 Å². The smallest absolute Gasteiger partial charge is 0.191 e. The lowest BCUT2D eigenvalue weighted by atomic mass is 10.0. The molecule has 2 aromatic rings. The van der Waals surface area contributed by atoms with Crippen molar-refractivity contribution >= 4 is 5.96 Å². The van der Waals surface area contributed by atoms with Gasteiger partial charge in [-0.1, -0.05) is 12.1 Å². The second kappa shape index (κ2) is 12.1. The Kier molecular flexibility index (Phi) is 8.92. The highest BCUT2D eigenvalue weighted by Gasteiger charge is 2.23. The van der Waals surface area contributed by atoms with Gasteiger partial charge in [-0.15, -0.1) is 10.2 Å². The summed E-state index contributed by atoms with van der Waals surface area (Å²) >= 11 is 0. The number of hydrogen-bond acceptors (Lipinski definition) is 6. The molecule has 1 saturated heterocycles. The number of methoxy groups -OCH3 is 1. The van der Waals surface area contributed by atoms with Crippen LogP contribution in [-0.2, 0) is 11.3 Å². The van der Waals surface area contributed by atoms with E-state index in [0.717, 1.165) is 70.5 Å². The maximum absolute atomic E-state index is 5.54. The number of nitrogens with zero attached hydrogens (tertiary/aromatic N) is 5. The lowest BCUT2D eigenvalue weighted by molar-refractivity contribution is 0.0170. The highest BCUT2D eigenvalue weighted by atomic mass is 16.5. The minimum absolute atomic E-state index is 0.243. The summed E-state index contributed by atoms with van der Waals surface area (Å²) < 4.78 is 12.9. The predicted molar refractivity (Wildman–Crippen MR) is 117 cm³/mol. The standard InChI is InChI=1S/C21H33N7O2/c1-22-21(23-9-3-4-10-27-16-25-26-17-27)24-15-20(28-11-13-30-14-12-28)18-5-7-19(29-2)8-6-18/h5-8,16-17,20H,3-4,9-15H2,1-2H3,(H2,22,23,24). The van der Waals surface area contributed by atoms with Crippen molar-refractivity contribution < 1.29 is 9.47 Å². The molecule has 0 bridgehead atoms. The number of benzene rings is 1. The second-order valence-electron chi connectivity index (χ2n) is 7.22. The van der Waals surface area contributed by atoms with Crippen molar-refractivity contribution in [2.45, 2.75) is 25.4 Å². The lowest BCUT2D eigenvalue weighted by Gasteiger charge is -2.35. The molecule has 1 aliphatic rings. The first-order valence-corrected chi connectivity index (χ1v) is 10.5. The fraction of sp³-hybridized carbons (Fsp3) is 0.571. The van der Waals surface area contributed by atoms with E-state index in [2.05, 4.69) is 42.9 Å². The van der Waals surface area contributed by atoms with E-state index in [1.807, 2.05) is 23.7 Å². The Morgan fingerprint density at radius 3 is 2.53 bits per heavy atom. The molecule has 3 rings (SSSR count). The molecule has 9 heteroatoms. The molecule has 164 valence electrons. The number of guanidine groups is 1. The van der Waals surface area contributed by atoms with E-state index in [1.165, 1.54) is 5.56 Å². The van der Waals surface area contributed by atoms with E-state index >= 15 is 0 Å². The van der Waals surface area contributed by atoms with Crippen LogP contribution < -0.4 is 15.4 Å². The third-order valence-electron chi connectivity index (χ3n) is 5.28. The monoisotopic (exact) mass is 415 g/mol. The van der Waals surface area contributed by atoms with Crippen LogP contribution in [-0.4, -0.2) is 79.2 Å². The molecule has 1 aromatic carbocycles. The Labute approximate surface area is 178 Å². The van der Waals surface area contributed by atoms with Crippen LogP contribution >= 0.6 is 0 Å². The van der Waals surface area contributed by atoms with Gasteiger partial charge in [0.2, 0.25) is 0 Å². The molecular formula is C21H33N7O2. The minimum atomic E-state index is 0.243. The summed E-state index contributed by atoms with van der Waals surface area (Å²) in [6.45, 7) is 5.95. The highest BCUT2D eigenvalue weighted by molar-refractivity contribution is 5.79. The average molecular weight is 416 g/mol. The molecule has 0 amide bonds. The summed E-state index contributed by atoms with van der Waals surface area (Å²) in [7, 11) is 3.50. The summed E-state index contributed by atoms with van der Waals surface area (Å²) in [6, 6.07) is 8.56. The first kappa shape index (κ1) is 22.0.